The zero-order valence-corrected chi connectivity index (χ0v) is 12.0. The number of rotatable bonds is 4. The fraction of sp³-hybridized carbons (Fsp3) is 0.667. The van der Waals surface area contributed by atoms with Gasteiger partial charge in [-0.25, -0.2) is 0 Å². The molecule has 4 nitrogen and oxygen atoms in total. The van der Waals surface area contributed by atoms with Gasteiger partial charge in [-0.3, -0.25) is 9.88 Å². The number of nitrogens with zero attached hydrogens (tertiary/aromatic N) is 2. The molecule has 0 spiro atoms. The van der Waals surface area contributed by atoms with Crippen LogP contribution in [0.25, 0.3) is 0 Å². The SMILES string of the molecule is CC(C)c1cccc(CN2CC(CO)OCC2C)n1. The van der Waals surface area contributed by atoms with Gasteiger partial charge < -0.3 is 9.84 Å². The summed E-state index contributed by atoms with van der Waals surface area (Å²) in [6.45, 7) is 8.82. The molecule has 1 N–H and O–H groups in total. The molecule has 1 aliphatic heterocycles. The highest BCUT2D eigenvalue weighted by Crippen LogP contribution is 2.16. The molecule has 4 heteroatoms. The third-order valence-corrected chi connectivity index (χ3v) is 3.62. The molecule has 0 amide bonds. The first-order valence-electron chi connectivity index (χ1n) is 7.02. The second-order valence-electron chi connectivity index (χ2n) is 5.62. The number of pyridine rings is 1. The number of aliphatic hydroxyl groups is 1. The van der Waals surface area contributed by atoms with E-state index in [1.165, 1.54) is 0 Å². The van der Waals surface area contributed by atoms with Crippen molar-refractivity contribution in [3.05, 3.63) is 29.6 Å². The highest BCUT2D eigenvalue weighted by Gasteiger charge is 2.25. The Morgan fingerprint density at radius 2 is 2.26 bits per heavy atom. The third kappa shape index (κ3) is 3.75. The van der Waals surface area contributed by atoms with Gasteiger partial charge in [0.05, 0.1) is 25.0 Å². The molecule has 0 saturated carbocycles. The Kier molecular flexibility index (Phi) is 4.91. The predicted octanol–water partition coefficient (Wildman–Crippen LogP) is 1.79. The molecule has 1 aliphatic rings. The molecule has 1 fully saturated rings. The molecule has 0 aliphatic carbocycles. The van der Waals surface area contributed by atoms with Gasteiger partial charge >= 0.3 is 0 Å². The van der Waals surface area contributed by atoms with E-state index in [0.717, 1.165) is 24.5 Å². The van der Waals surface area contributed by atoms with Crippen LogP contribution in [-0.2, 0) is 11.3 Å². The lowest BCUT2D eigenvalue weighted by Gasteiger charge is -2.37. The summed E-state index contributed by atoms with van der Waals surface area (Å²) in [7, 11) is 0. The van der Waals surface area contributed by atoms with Gasteiger partial charge in [0.2, 0.25) is 0 Å². The first kappa shape index (κ1) is 14.4. The number of aromatic nitrogens is 1. The molecule has 106 valence electrons. The van der Waals surface area contributed by atoms with Gasteiger partial charge in [-0.15, -0.1) is 0 Å². The van der Waals surface area contributed by atoms with E-state index in [2.05, 4.69) is 43.9 Å². The zero-order valence-electron chi connectivity index (χ0n) is 12.0. The maximum absolute atomic E-state index is 9.21. The minimum Gasteiger partial charge on any atom is -0.394 e. The molecule has 1 aromatic rings. The molecule has 2 rings (SSSR count). The Morgan fingerprint density at radius 1 is 1.47 bits per heavy atom. The number of ether oxygens (including phenoxy) is 1. The van der Waals surface area contributed by atoms with Crippen molar-refractivity contribution in [1.82, 2.24) is 9.88 Å². The quantitative estimate of drug-likeness (QED) is 0.900. The Hall–Kier alpha value is -0.970. The Labute approximate surface area is 115 Å². The van der Waals surface area contributed by atoms with Crippen molar-refractivity contribution < 1.29 is 9.84 Å². The molecule has 2 unspecified atom stereocenters. The summed E-state index contributed by atoms with van der Waals surface area (Å²) < 4.78 is 5.56. The van der Waals surface area contributed by atoms with Crippen LogP contribution in [-0.4, -0.2) is 46.9 Å². The number of aliphatic hydroxyl groups excluding tert-OH is 1. The fourth-order valence-electron chi connectivity index (χ4n) is 2.32. The summed E-state index contributed by atoms with van der Waals surface area (Å²) in [6.07, 6.45) is -0.0653. The summed E-state index contributed by atoms with van der Waals surface area (Å²) in [6, 6.07) is 6.59. The van der Waals surface area contributed by atoms with Crippen LogP contribution in [0.4, 0.5) is 0 Å². The molecular formula is C15H24N2O2. The van der Waals surface area contributed by atoms with Crippen LogP contribution in [0.15, 0.2) is 18.2 Å². The Bertz CT molecular complexity index is 409. The van der Waals surface area contributed by atoms with Gasteiger partial charge in [-0.2, -0.15) is 0 Å². The van der Waals surface area contributed by atoms with Crippen LogP contribution in [0.2, 0.25) is 0 Å². The number of hydrogen-bond acceptors (Lipinski definition) is 4. The van der Waals surface area contributed by atoms with Gasteiger partial charge in [0.1, 0.15) is 0 Å². The van der Waals surface area contributed by atoms with E-state index < -0.39 is 0 Å². The van der Waals surface area contributed by atoms with Crippen LogP contribution >= 0.6 is 0 Å². The normalized spacial score (nSPS) is 24.9. The van der Waals surface area contributed by atoms with E-state index in [4.69, 9.17) is 9.72 Å². The standard InChI is InChI=1S/C15H24N2O2/c1-11(2)15-6-4-5-13(16-15)7-17-8-14(9-18)19-10-12(17)3/h4-6,11-12,14,18H,7-10H2,1-3H3. The average Bonchev–Trinajstić information content (AvgIpc) is 2.41. The Morgan fingerprint density at radius 3 is 2.95 bits per heavy atom. The number of hydrogen-bond donors (Lipinski definition) is 1. The lowest BCUT2D eigenvalue weighted by molar-refractivity contribution is -0.0808. The van der Waals surface area contributed by atoms with Crippen LogP contribution in [0, 0.1) is 0 Å². The van der Waals surface area contributed by atoms with E-state index >= 15 is 0 Å². The van der Waals surface area contributed by atoms with E-state index in [1.54, 1.807) is 0 Å². The maximum Gasteiger partial charge on any atom is 0.0933 e. The first-order chi connectivity index (χ1) is 9.10. The summed E-state index contributed by atoms with van der Waals surface area (Å²) >= 11 is 0. The summed E-state index contributed by atoms with van der Waals surface area (Å²) in [5.41, 5.74) is 2.23. The highest BCUT2D eigenvalue weighted by atomic mass is 16.5. The lowest BCUT2D eigenvalue weighted by Crippen LogP contribution is -2.48. The van der Waals surface area contributed by atoms with Crippen LogP contribution in [0.5, 0.6) is 0 Å². The lowest BCUT2D eigenvalue weighted by atomic mass is 10.1. The van der Waals surface area contributed by atoms with Crippen LogP contribution in [0.1, 0.15) is 38.1 Å². The Balaban J connectivity index is 2.04. The summed E-state index contributed by atoms with van der Waals surface area (Å²) in [4.78, 5) is 7.04. The maximum atomic E-state index is 9.21. The molecule has 0 bridgehead atoms. The van der Waals surface area contributed by atoms with Crippen molar-refractivity contribution in [3.63, 3.8) is 0 Å². The van der Waals surface area contributed by atoms with Crippen molar-refractivity contribution in [2.45, 2.75) is 45.4 Å². The van der Waals surface area contributed by atoms with Gasteiger partial charge in [0.15, 0.2) is 0 Å². The van der Waals surface area contributed by atoms with Crippen molar-refractivity contribution in [1.29, 1.82) is 0 Å². The largest absolute Gasteiger partial charge is 0.394 e. The molecule has 19 heavy (non-hydrogen) atoms. The summed E-state index contributed by atoms with van der Waals surface area (Å²) in [5, 5.41) is 9.21. The third-order valence-electron chi connectivity index (χ3n) is 3.62. The molecule has 2 heterocycles. The van der Waals surface area contributed by atoms with Gasteiger partial charge in [0.25, 0.3) is 0 Å². The molecule has 0 aromatic carbocycles. The second-order valence-corrected chi connectivity index (χ2v) is 5.62. The van der Waals surface area contributed by atoms with Gasteiger partial charge in [-0.05, 0) is 25.0 Å². The van der Waals surface area contributed by atoms with Crippen molar-refractivity contribution in [3.8, 4) is 0 Å². The highest BCUT2D eigenvalue weighted by molar-refractivity contribution is 5.14. The smallest absolute Gasteiger partial charge is 0.0933 e. The fourth-order valence-corrected chi connectivity index (χ4v) is 2.32. The minimum atomic E-state index is -0.0653. The molecule has 2 atom stereocenters. The number of morpholine rings is 1. The monoisotopic (exact) mass is 264 g/mol. The van der Waals surface area contributed by atoms with E-state index in [1.807, 2.05) is 0 Å². The topological polar surface area (TPSA) is 45.6 Å². The van der Waals surface area contributed by atoms with E-state index in [9.17, 15) is 5.11 Å². The second kappa shape index (κ2) is 6.46. The zero-order chi connectivity index (χ0) is 13.8. The van der Waals surface area contributed by atoms with Crippen LogP contribution < -0.4 is 0 Å². The summed E-state index contributed by atoms with van der Waals surface area (Å²) in [5.74, 6) is 0.451. The van der Waals surface area contributed by atoms with E-state index in [0.29, 0.717) is 18.6 Å². The van der Waals surface area contributed by atoms with Crippen molar-refractivity contribution in [2.24, 2.45) is 0 Å². The molecule has 0 radical (unpaired) electrons. The first-order valence-corrected chi connectivity index (χ1v) is 7.02. The molecular weight excluding hydrogens is 240 g/mol. The van der Waals surface area contributed by atoms with Gasteiger partial charge in [-0.1, -0.05) is 19.9 Å². The molecule has 1 saturated heterocycles. The minimum absolute atomic E-state index is 0.0653. The van der Waals surface area contributed by atoms with Crippen molar-refractivity contribution >= 4 is 0 Å². The average molecular weight is 264 g/mol. The molecule has 1 aromatic heterocycles. The predicted molar refractivity (Wildman–Crippen MR) is 75.0 cm³/mol. The van der Waals surface area contributed by atoms with Crippen LogP contribution in [0.3, 0.4) is 0 Å². The van der Waals surface area contributed by atoms with Gasteiger partial charge in [0, 0.05) is 24.8 Å². The van der Waals surface area contributed by atoms with Crippen molar-refractivity contribution in [2.75, 3.05) is 19.8 Å². The van der Waals surface area contributed by atoms with E-state index in [-0.39, 0.29) is 12.7 Å².